The Balaban J connectivity index is 1.63. The summed E-state index contributed by atoms with van der Waals surface area (Å²) in [6, 6.07) is 24.3. The second kappa shape index (κ2) is 8.02. The summed E-state index contributed by atoms with van der Waals surface area (Å²) in [5, 5.41) is 0. The van der Waals surface area contributed by atoms with E-state index in [4.69, 9.17) is 4.99 Å². The van der Waals surface area contributed by atoms with Crippen LogP contribution in [-0.4, -0.2) is 30.2 Å². The highest BCUT2D eigenvalue weighted by atomic mass is 16.2. The van der Waals surface area contributed by atoms with E-state index in [9.17, 15) is 4.79 Å². The van der Waals surface area contributed by atoms with Gasteiger partial charge in [0, 0.05) is 12.1 Å². The predicted molar refractivity (Wildman–Crippen MR) is 119 cm³/mol. The van der Waals surface area contributed by atoms with Crippen LogP contribution in [0.4, 0.5) is 11.4 Å². The van der Waals surface area contributed by atoms with Gasteiger partial charge in [-0.2, -0.15) is 0 Å². The topological polar surface area (TPSA) is 35.9 Å². The first-order chi connectivity index (χ1) is 14.0. The number of anilines is 1. The molecule has 4 nitrogen and oxygen atoms in total. The molecule has 0 radical (unpaired) electrons. The molecule has 0 N–H and O–H groups in total. The molecule has 29 heavy (non-hydrogen) atoms. The van der Waals surface area contributed by atoms with Crippen molar-refractivity contribution in [3.8, 4) is 0 Å². The van der Waals surface area contributed by atoms with Crippen LogP contribution in [0, 0.1) is 13.8 Å². The third-order valence-electron chi connectivity index (χ3n) is 5.02. The van der Waals surface area contributed by atoms with Crippen LogP contribution in [0.1, 0.15) is 22.3 Å². The number of para-hydroxylation sites is 1. The number of rotatable bonds is 5. The van der Waals surface area contributed by atoms with Gasteiger partial charge in [-0.05, 0) is 55.8 Å². The van der Waals surface area contributed by atoms with Gasteiger partial charge in [-0.1, -0.05) is 54.6 Å². The number of fused-ring (bicyclic) bond motifs is 1. The maximum absolute atomic E-state index is 13.3. The van der Waals surface area contributed by atoms with E-state index < -0.39 is 0 Å². The van der Waals surface area contributed by atoms with Gasteiger partial charge in [-0.25, -0.2) is 4.99 Å². The van der Waals surface area contributed by atoms with Gasteiger partial charge in [0.15, 0.2) is 0 Å². The molecule has 0 saturated heterocycles. The highest BCUT2D eigenvalue weighted by Crippen LogP contribution is 2.31. The van der Waals surface area contributed by atoms with Crippen molar-refractivity contribution < 1.29 is 4.79 Å². The Labute approximate surface area is 172 Å². The summed E-state index contributed by atoms with van der Waals surface area (Å²) in [6.45, 7) is 5.38. The van der Waals surface area contributed by atoms with Gasteiger partial charge in [0.25, 0.3) is 5.91 Å². The molecule has 1 amide bonds. The third kappa shape index (κ3) is 4.13. The standard InChI is InChI=1S/C25H25N3O/c1-18-13-19(2)15-21(14-18)26-24-22-11-7-8-12-23(22)28(25(24)29)17-27(3)16-20-9-5-4-6-10-20/h4-15H,16-17H2,1-3H3. The Morgan fingerprint density at radius 2 is 1.55 bits per heavy atom. The molecule has 1 aliphatic rings. The van der Waals surface area contributed by atoms with Gasteiger partial charge < -0.3 is 0 Å². The molecule has 0 atom stereocenters. The van der Waals surface area contributed by atoms with Gasteiger partial charge in [0.05, 0.1) is 18.0 Å². The van der Waals surface area contributed by atoms with Gasteiger partial charge >= 0.3 is 0 Å². The number of aliphatic imine (C=N–C) groups is 1. The lowest BCUT2D eigenvalue weighted by Crippen LogP contribution is -2.39. The molecule has 1 heterocycles. The Kier molecular flexibility index (Phi) is 5.28. The monoisotopic (exact) mass is 383 g/mol. The van der Waals surface area contributed by atoms with Crippen molar-refractivity contribution in [2.75, 3.05) is 18.6 Å². The lowest BCUT2D eigenvalue weighted by atomic mass is 10.1. The minimum absolute atomic E-state index is 0.0507. The zero-order valence-electron chi connectivity index (χ0n) is 17.1. The van der Waals surface area contributed by atoms with E-state index in [0.29, 0.717) is 12.4 Å². The summed E-state index contributed by atoms with van der Waals surface area (Å²) >= 11 is 0. The first-order valence-electron chi connectivity index (χ1n) is 9.82. The van der Waals surface area contributed by atoms with Gasteiger partial charge in [-0.3, -0.25) is 14.6 Å². The molecule has 4 rings (SSSR count). The molecule has 3 aromatic rings. The largest absolute Gasteiger partial charge is 0.293 e. The molecule has 3 aromatic carbocycles. The summed E-state index contributed by atoms with van der Waals surface area (Å²) < 4.78 is 0. The zero-order chi connectivity index (χ0) is 20.4. The van der Waals surface area contributed by atoms with Crippen LogP contribution in [0.25, 0.3) is 0 Å². The van der Waals surface area contributed by atoms with Crippen molar-refractivity contribution in [3.63, 3.8) is 0 Å². The number of hydrogen-bond acceptors (Lipinski definition) is 3. The molecule has 0 aliphatic carbocycles. The molecule has 146 valence electrons. The fraction of sp³-hybridized carbons (Fsp3) is 0.200. The van der Waals surface area contributed by atoms with Crippen LogP contribution >= 0.6 is 0 Å². The van der Waals surface area contributed by atoms with Crippen molar-refractivity contribution in [1.82, 2.24) is 4.90 Å². The van der Waals surface area contributed by atoms with E-state index in [-0.39, 0.29) is 5.91 Å². The highest BCUT2D eigenvalue weighted by molar-refractivity contribution is 6.54. The Bertz CT molecular complexity index is 1050. The number of amides is 1. The number of hydrogen-bond donors (Lipinski definition) is 0. The zero-order valence-corrected chi connectivity index (χ0v) is 17.1. The SMILES string of the molecule is Cc1cc(C)cc(N=C2C(=O)N(CN(C)Cc3ccccc3)c3ccccc32)c1. The summed E-state index contributed by atoms with van der Waals surface area (Å²) in [6.07, 6.45) is 0. The second-order valence-corrected chi connectivity index (χ2v) is 7.70. The van der Waals surface area contributed by atoms with Crippen LogP contribution < -0.4 is 4.90 Å². The van der Waals surface area contributed by atoms with Gasteiger partial charge in [0.1, 0.15) is 5.71 Å². The molecule has 0 fully saturated rings. The van der Waals surface area contributed by atoms with Crippen molar-refractivity contribution in [2.45, 2.75) is 20.4 Å². The highest BCUT2D eigenvalue weighted by Gasteiger charge is 2.34. The second-order valence-electron chi connectivity index (χ2n) is 7.70. The summed E-state index contributed by atoms with van der Waals surface area (Å²) in [4.78, 5) is 22.0. The van der Waals surface area contributed by atoms with Crippen molar-refractivity contribution >= 4 is 23.0 Å². The Morgan fingerprint density at radius 3 is 2.28 bits per heavy atom. The molecule has 0 saturated carbocycles. The first kappa shape index (κ1) is 19.1. The van der Waals surface area contributed by atoms with E-state index >= 15 is 0 Å². The average Bonchev–Trinajstić information content (AvgIpc) is 2.94. The average molecular weight is 383 g/mol. The lowest BCUT2D eigenvalue weighted by molar-refractivity contribution is -0.112. The number of carbonyl (C=O) groups is 1. The minimum atomic E-state index is -0.0507. The predicted octanol–water partition coefficient (Wildman–Crippen LogP) is 4.86. The quantitative estimate of drug-likeness (QED) is 0.631. The molecule has 0 unspecified atom stereocenters. The molecular weight excluding hydrogens is 358 g/mol. The fourth-order valence-corrected chi connectivity index (χ4v) is 3.84. The van der Waals surface area contributed by atoms with Crippen LogP contribution in [-0.2, 0) is 11.3 Å². The third-order valence-corrected chi connectivity index (χ3v) is 5.02. The molecule has 0 spiro atoms. The van der Waals surface area contributed by atoms with Crippen LogP contribution in [0.2, 0.25) is 0 Å². The minimum Gasteiger partial charge on any atom is -0.293 e. The smallest absolute Gasteiger partial charge is 0.278 e. The molecule has 0 bridgehead atoms. The maximum Gasteiger partial charge on any atom is 0.278 e. The fourth-order valence-electron chi connectivity index (χ4n) is 3.84. The number of nitrogens with zero attached hydrogens (tertiary/aromatic N) is 3. The lowest BCUT2D eigenvalue weighted by Gasteiger charge is -2.24. The normalized spacial score (nSPS) is 14.7. The Morgan fingerprint density at radius 1 is 0.897 bits per heavy atom. The molecule has 4 heteroatoms. The molecular formula is C25H25N3O. The van der Waals surface area contributed by atoms with Gasteiger partial charge in [-0.15, -0.1) is 0 Å². The van der Waals surface area contributed by atoms with E-state index in [1.165, 1.54) is 5.56 Å². The van der Waals surface area contributed by atoms with Crippen LogP contribution in [0.15, 0.2) is 77.8 Å². The van der Waals surface area contributed by atoms with E-state index in [0.717, 1.165) is 34.6 Å². The Hall–Kier alpha value is -3.24. The summed E-state index contributed by atoms with van der Waals surface area (Å²) in [5.74, 6) is -0.0507. The molecule has 1 aliphatic heterocycles. The van der Waals surface area contributed by atoms with E-state index in [1.807, 2.05) is 80.4 Å². The van der Waals surface area contributed by atoms with Crippen LogP contribution in [0.5, 0.6) is 0 Å². The number of aryl methyl sites for hydroxylation is 2. The number of benzene rings is 3. The first-order valence-corrected chi connectivity index (χ1v) is 9.82. The van der Waals surface area contributed by atoms with E-state index in [1.54, 1.807) is 0 Å². The summed E-state index contributed by atoms with van der Waals surface area (Å²) in [5.41, 5.74) is 6.65. The van der Waals surface area contributed by atoms with Crippen molar-refractivity contribution in [3.05, 3.63) is 95.1 Å². The van der Waals surface area contributed by atoms with Crippen LogP contribution in [0.3, 0.4) is 0 Å². The molecule has 0 aromatic heterocycles. The van der Waals surface area contributed by atoms with E-state index in [2.05, 4.69) is 23.1 Å². The van der Waals surface area contributed by atoms with Crippen molar-refractivity contribution in [1.29, 1.82) is 0 Å². The summed E-state index contributed by atoms with van der Waals surface area (Å²) in [7, 11) is 2.03. The van der Waals surface area contributed by atoms with Crippen molar-refractivity contribution in [2.24, 2.45) is 4.99 Å². The maximum atomic E-state index is 13.3. The number of carbonyl (C=O) groups excluding carboxylic acids is 1. The van der Waals surface area contributed by atoms with Gasteiger partial charge in [0.2, 0.25) is 0 Å².